The highest BCUT2D eigenvalue weighted by Gasteiger charge is 2.18. The summed E-state index contributed by atoms with van der Waals surface area (Å²) in [5, 5.41) is 0. The van der Waals surface area contributed by atoms with Crippen LogP contribution in [0.25, 0.3) is 0 Å². The van der Waals surface area contributed by atoms with Crippen molar-refractivity contribution >= 4 is 11.4 Å². The molecule has 1 aromatic rings. The molecule has 0 spiro atoms. The van der Waals surface area contributed by atoms with Crippen molar-refractivity contribution in [1.82, 2.24) is 0 Å². The molecule has 0 aromatic heterocycles. The first-order valence-electron chi connectivity index (χ1n) is 5.56. The highest BCUT2D eigenvalue weighted by molar-refractivity contribution is 5.66. The van der Waals surface area contributed by atoms with Crippen LogP contribution in [0.1, 0.15) is 18.9 Å². The standard InChI is InChI=1S/C12H19N3/c1-9(13)8-15-7-3-4-10-11(14)5-2-6-12(10)15/h2,5-6,9H,3-4,7-8,13-14H2,1H3. The zero-order valence-corrected chi connectivity index (χ0v) is 9.24. The number of nitrogens with two attached hydrogens (primary N) is 2. The van der Waals surface area contributed by atoms with Crippen molar-refractivity contribution in [3.05, 3.63) is 23.8 Å². The number of nitrogens with zero attached hydrogens (tertiary/aromatic N) is 1. The summed E-state index contributed by atoms with van der Waals surface area (Å²) in [6.07, 6.45) is 2.27. The van der Waals surface area contributed by atoms with Crippen LogP contribution in [0.15, 0.2) is 18.2 Å². The quantitative estimate of drug-likeness (QED) is 0.717. The summed E-state index contributed by atoms with van der Waals surface area (Å²) in [4.78, 5) is 2.35. The van der Waals surface area contributed by atoms with E-state index >= 15 is 0 Å². The predicted octanol–water partition coefficient (Wildman–Crippen LogP) is 1.37. The molecular weight excluding hydrogens is 186 g/mol. The fourth-order valence-corrected chi connectivity index (χ4v) is 2.27. The zero-order chi connectivity index (χ0) is 10.8. The van der Waals surface area contributed by atoms with Crippen molar-refractivity contribution in [1.29, 1.82) is 0 Å². The molecule has 2 rings (SSSR count). The normalized spacial score (nSPS) is 17.3. The van der Waals surface area contributed by atoms with E-state index in [0.717, 1.165) is 25.2 Å². The molecule has 0 fully saturated rings. The molecular formula is C12H19N3. The van der Waals surface area contributed by atoms with Crippen LogP contribution < -0.4 is 16.4 Å². The summed E-state index contributed by atoms with van der Waals surface area (Å²) in [7, 11) is 0. The maximum atomic E-state index is 5.98. The first-order valence-corrected chi connectivity index (χ1v) is 5.56. The number of fused-ring (bicyclic) bond motifs is 1. The van der Waals surface area contributed by atoms with Gasteiger partial charge in [-0.05, 0) is 37.5 Å². The summed E-state index contributed by atoms with van der Waals surface area (Å²) in [5.41, 5.74) is 15.3. The van der Waals surface area contributed by atoms with Gasteiger partial charge in [-0.1, -0.05) is 6.07 Å². The highest BCUT2D eigenvalue weighted by Crippen LogP contribution is 2.30. The highest BCUT2D eigenvalue weighted by atomic mass is 15.1. The van der Waals surface area contributed by atoms with E-state index in [9.17, 15) is 0 Å². The molecule has 82 valence electrons. The number of benzene rings is 1. The van der Waals surface area contributed by atoms with Gasteiger partial charge in [0.25, 0.3) is 0 Å². The summed E-state index contributed by atoms with van der Waals surface area (Å²) in [6, 6.07) is 6.35. The van der Waals surface area contributed by atoms with E-state index in [1.165, 1.54) is 17.7 Å². The van der Waals surface area contributed by atoms with Crippen molar-refractivity contribution in [2.45, 2.75) is 25.8 Å². The van der Waals surface area contributed by atoms with Gasteiger partial charge in [-0.15, -0.1) is 0 Å². The van der Waals surface area contributed by atoms with Crippen molar-refractivity contribution in [2.24, 2.45) is 5.73 Å². The fourth-order valence-electron chi connectivity index (χ4n) is 2.27. The van der Waals surface area contributed by atoms with Crippen LogP contribution in [0.3, 0.4) is 0 Å². The van der Waals surface area contributed by atoms with E-state index in [1.807, 2.05) is 19.1 Å². The van der Waals surface area contributed by atoms with Crippen molar-refractivity contribution in [3.63, 3.8) is 0 Å². The largest absolute Gasteiger partial charge is 0.398 e. The Labute approximate surface area is 91.1 Å². The van der Waals surface area contributed by atoms with Crippen LogP contribution in [0.2, 0.25) is 0 Å². The lowest BCUT2D eigenvalue weighted by molar-refractivity contribution is 0.634. The van der Waals surface area contributed by atoms with Crippen LogP contribution in [-0.4, -0.2) is 19.1 Å². The third kappa shape index (κ3) is 2.07. The van der Waals surface area contributed by atoms with Gasteiger partial charge in [-0.2, -0.15) is 0 Å². The van der Waals surface area contributed by atoms with Gasteiger partial charge in [0.15, 0.2) is 0 Å². The Kier molecular flexibility index (Phi) is 2.82. The Morgan fingerprint density at radius 1 is 1.47 bits per heavy atom. The molecule has 1 aliphatic heterocycles. The van der Waals surface area contributed by atoms with E-state index in [1.54, 1.807) is 0 Å². The van der Waals surface area contributed by atoms with Crippen LogP contribution in [0.5, 0.6) is 0 Å². The fraction of sp³-hybridized carbons (Fsp3) is 0.500. The van der Waals surface area contributed by atoms with Gasteiger partial charge < -0.3 is 16.4 Å². The van der Waals surface area contributed by atoms with Crippen molar-refractivity contribution in [3.8, 4) is 0 Å². The summed E-state index contributed by atoms with van der Waals surface area (Å²) >= 11 is 0. The van der Waals surface area contributed by atoms with E-state index in [2.05, 4.69) is 11.0 Å². The third-order valence-electron chi connectivity index (χ3n) is 2.89. The van der Waals surface area contributed by atoms with Crippen LogP contribution >= 0.6 is 0 Å². The molecule has 0 bridgehead atoms. The molecule has 3 heteroatoms. The molecule has 1 heterocycles. The molecule has 1 unspecified atom stereocenters. The minimum absolute atomic E-state index is 0.206. The summed E-state index contributed by atoms with van der Waals surface area (Å²) in [5.74, 6) is 0. The second-order valence-corrected chi connectivity index (χ2v) is 4.37. The van der Waals surface area contributed by atoms with Gasteiger partial charge in [0.05, 0.1) is 0 Å². The Bertz CT molecular complexity index is 347. The lowest BCUT2D eigenvalue weighted by Gasteiger charge is -2.33. The molecule has 0 saturated heterocycles. The Hall–Kier alpha value is -1.22. The molecule has 0 saturated carbocycles. The second-order valence-electron chi connectivity index (χ2n) is 4.37. The van der Waals surface area contributed by atoms with Gasteiger partial charge in [-0.25, -0.2) is 0 Å². The average molecular weight is 205 g/mol. The number of rotatable bonds is 2. The molecule has 3 nitrogen and oxygen atoms in total. The third-order valence-corrected chi connectivity index (χ3v) is 2.89. The SMILES string of the molecule is CC(N)CN1CCCc2c(N)cccc21. The van der Waals surface area contributed by atoms with Crippen LogP contribution in [0.4, 0.5) is 11.4 Å². The maximum Gasteiger partial charge on any atom is 0.0420 e. The first-order chi connectivity index (χ1) is 7.18. The van der Waals surface area contributed by atoms with E-state index in [4.69, 9.17) is 11.5 Å². The molecule has 1 aromatic carbocycles. The van der Waals surface area contributed by atoms with E-state index in [0.29, 0.717) is 0 Å². The molecule has 4 N–H and O–H groups in total. The number of hydrogen-bond donors (Lipinski definition) is 2. The van der Waals surface area contributed by atoms with Crippen molar-refractivity contribution in [2.75, 3.05) is 23.7 Å². The van der Waals surface area contributed by atoms with E-state index < -0.39 is 0 Å². The monoisotopic (exact) mass is 205 g/mol. The molecule has 1 atom stereocenters. The predicted molar refractivity (Wildman–Crippen MR) is 65.0 cm³/mol. The van der Waals surface area contributed by atoms with Gasteiger partial charge in [0.1, 0.15) is 0 Å². The average Bonchev–Trinajstić information content (AvgIpc) is 2.19. The molecule has 0 radical (unpaired) electrons. The second kappa shape index (κ2) is 4.11. The minimum Gasteiger partial charge on any atom is -0.398 e. The molecule has 0 aliphatic carbocycles. The molecule has 0 amide bonds. The molecule has 15 heavy (non-hydrogen) atoms. The maximum absolute atomic E-state index is 5.98. The minimum atomic E-state index is 0.206. The number of anilines is 2. The zero-order valence-electron chi connectivity index (χ0n) is 9.24. The van der Waals surface area contributed by atoms with Crippen LogP contribution in [-0.2, 0) is 6.42 Å². The lowest BCUT2D eigenvalue weighted by Crippen LogP contribution is -2.38. The van der Waals surface area contributed by atoms with Gasteiger partial charge in [0, 0.05) is 30.5 Å². The van der Waals surface area contributed by atoms with Crippen molar-refractivity contribution < 1.29 is 0 Å². The van der Waals surface area contributed by atoms with Gasteiger partial charge >= 0.3 is 0 Å². The Morgan fingerprint density at radius 3 is 3.00 bits per heavy atom. The summed E-state index contributed by atoms with van der Waals surface area (Å²) < 4.78 is 0. The first kappa shape index (κ1) is 10.3. The summed E-state index contributed by atoms with van der Waals surface area (Å²) in [6.45, 7) is 4.05. The van der Waals surface area contributed by atoms with Gasteiger partial charge in [0.2, 0.25) is 0 Å². The number of hydrogen-bond acceptors (Lipinski definition) is 3. The van der Waals surface area contributed by atoms with Gasteiger partial charge in [-0.3, -0.25) is 0 Å². The Morgan fingerprint density at radius 2 is 2.27 bits per heavy atom. The Balaban J connectivity index is 2.30. The topological polar surface area (TPSA) is 55.3 Å². The van der Waals surface area contributed by atoms with Crippen LogP contribution in [0, 0.1) is 0 Å². The van der Waals surface area contributed by atoms with E-state index in [-0.39, 0.29) is 6.04 Å². The molecule has 1 aliphatic rings. The smallest absolute Gasteiger partial charge is 0.0420 e. The lowest BCUT2D eigenvalue weighted by atomic mass is 9.99. The number of nitrogen functional groups attached to an aromatic ring is 1.